The van der Waals surface area contributed by atoms with Gasteiger partial charge in [0.15, 0.2) is 5.82 Å². The molecule has 0 saturated carbocycles. The molecule has 0 aromatic carbocycles. The molecule has 0 radical (unpaired) electrons. The fourth-order valence-corrected chi connectivity index (χ4v) is 2.00. The van der Waals surface area contributed by atoms with E-state index in [-0.39, 0.29) is 10.6 Å². The van der Waals surface area contributed by atoms with Crippen LogP contribution in [-0.4, -0.2) is 29.6 Å². The van der Waals surface area contributed by atoms with E-state index in [1.54, 1.807) is 0 Å². The van der Waals surface area contributed by atoms with E-state index in [1.807, 2.05) is 0 Å². The van der Waals surface area contributed by atoms with Gasteiger partial charge >= 0.3 is 0 Å². The van der Waals surface area contributed by atoms with Crippen LogP contribution in [0.25, 0.3) is 0 Å². The van der Waals surface area contributed by atoms with Crippen LogP contribution >= 0.6 is 11.6 Å². The summed E-state index contributed by atoms with van der Waals surface area (Å²) < 4.78 is 0. The molecule has 0 spiro atoms. The summed E-state index contributed by atoms with van der Waals surface area (Å²) in [5, 5.41) is 6.58. The molecule has 1 aromatic heterocycles. The zero-order valence-corrected chi connectivity index (χ0v) is 9.68. The fraction of sp³-hybridized carbons (Fsp3) is 0.600. The van der Waals surface area contributed by atoms with Gasteiger partial charge in [0.2, 0.25) is 0 Å². The van der Waals surface area contributed by atoms with Crippen molar-refractivity contribution in [2.45, 2.75) is 12.8 Å². The molecule has 0 bridgehead atoms. The van der Waals surface area contributed by atoms with Crippen molar-refractivity contribution in [2.24, 2.45) is 5.92 Å². The Morgan fingerprint density at radius 2 is 2.25 bits per heavy atom. The van der Waals surface area contributed by atoms with E-state index in [2.05, 4.69) is 20.6 Å². The lowest BCUT2D eigenvalue weighted by Crippen LogP contribution is -2.31. The Kier molecular flexibility index (Phi) is 3.79. The maximum Gasteiger partial charge on any atom is 0.271 e. The highest BCUT2D eigenvalue weighted by atomic mass is 35.5. The maximum absolute atomic E-state index is 11.2. The second kappa shape index (κ2) is 5.32. The third kappa shape index (κ3) is 2.74. The van der Waals surface area contributed by atoms with Crippen molar-refractivity contribution in [3.05, 3.63) is 21.7 Å². The number of H-pyrrole nitrogens is 1. The van der Waals surface area contributed by atoms with E-state index in [9.17, 15) is 4.79 Å². The van der Waals surface area contributed by atoms with E-state index in [1.165, 1.54) is 6.33 Å². The topological polar surface area (TPSA) is 69.8 Å². The molecule has 1 aliphatic rings. The van der Waals surface area contributed by atoms with Crippen molar-refractivity contribution in [1.82, 2.24) is 15.3 Å². The highest BCUT2D eigenvalue weighted by Crippen LogP contribution is 2.16. The molecule has 0 amide bonds. The third-order valence-electron chi connectivity index (χ3n) is 2.81. The Hall–Kier alpha value is -1.07. The monoisotopic (exact) mass is 242 g/mol. The maximum atomic E-state index is 11.2. The standard InChI is InChI=1S/C10H15ClN4O/c11-8-9(14-6-15-10(8)16)13-5-7-1-3-12-4-2-7/h6-7,12H,1-5H2,(H2,13,14,15,16). The van der Waals surface area contributed by atoms with Gasteiger partial charge in [0.1, 0.15) is 5.02 Å². The average Bonchev–Trinajstić information content (AvgIpc) is 2.32. The molecule has 1 aliphatic heterocycles. The molecule has 2 rings (SSSR count). The number of aromatic amines is 1. The molecular formula is C10H15ClN4O. The Morgan fingerprint density at radius 3 is 3.00 bits per heavy atom. The van der Waals surface area contributed by atoms with Crippen LogP contribution in [0.15, 0.2) is 11.1 Å². The molecule has 0 unspecified atom stereocenters. The van der Waals surface area contributed by atoms with Gasteiger partial charge in [-0.25, -0.2) is 4.98 Å². The normalized spacial score (nSPS) is 17.3. The number of halogens is 1. The number of piperidine rings is 1. The molecule has 0 aliphatic carbocycles. The molecule has 1 aromatic rings. The van der Waals surface area contributed by atoms with E-state index in [0.29, 0.717) is 11.7 Å². The second-order valence-electron chi connectivity index (χ2n) is 3.97. The van der Waals surface area contributed by atoms with Crippen LogP contribution in [0.5, 0.6) is 0 Å². The lowest BCUT2D eigenvalue weighted by atomic mass is 9.98. The first-order valence-electron chi connectivity index (χ1n) is 5.45. The summed E-state index contributed by atoms with van der Waals surface area (Å²) in [6, 6.07) is 0. The van der Waals surface area contributed by atoms with Crippen molar-refractivity contribution >= 4 is 17.4 Å². The van der Waals surface area contributed by atoms with Crippen molar-refractivity contribution in [1.29, 1.82) is 0 Å². The summed E-state index contributed by atoms with van der Waals surface area (Å²) in [6.45, 7) is 2.93. The van der Waals surface area contributed by atoms with Gasteiger partial charge in [-0.3, -0.25) is 4.79 Å². The van der Waals surface area contributed by atoms with Crippen LogP contribution < -0.4 is 16.2 Å². The first kappa shape index (κ1) is 11.4. The molecule has 6 heteroatoms. The van der Waals surface area contributed by atoms with Gasteiger partial charge in [0.05, 0.1) is 6.33 Å². The fourth-order valence-electron chi connectivity index (χ4n) is 1.83. The van der Waals surface area contributed by atoms with E-state index in [4.69, 9.17) is 11.6 Å². The molecule has 0 atom stereocenters. The smallest absolute Gasteiger partial charge is 0.271 e. The van der Waals surface area contributed by atoms with Crippen molar-refractivity contribution in [3.8, 4) is 0 Å². The van der Waals surface area contributed by atoms with Crippen LogP contribution in [0.2, 0.25) is 5.02 Å². The van der Waals surface area contributed by atoms with E-state index >= 15 is 0 Å². The molecule has 16 heavy (non-hydrogen) atoms. The predicted octanol–water partition coefficient (Wildman–Crippen LogP) is 0.835. The lowest BCUT2D eigenvalue weighted by Gasteiger charge is -2.22. The van der Waals surface area contributed by atoms with Gasteiger partial charge in [-0.05, 0) is 31.8 Å². The molecule has 1 saturated heterocycles. The van der Waals surface area contributed by atoms with Crippen LogP contribution in [0.4, 0.5) is 5.82 Å². The summed E-state index contributed by atoms with van der Waals surface area (Å²) in [4.78, 5) is 17.7. The Balaban J connectivity index is 1.93. The molecule has 3 N–H and O–H groups in total. The highest BCUT2D eigenvalue weighted by Gasteiger charge is 2.13. The van der Waals surface area contributed by atoms with Crippen molar-refractivity contribution in [3.63, 3.8) is 0 Å². The number of nitrogens with one attached hydrogen (secondary N) is 3. The number of hydrogen-bond acceptors (Lipinski definition) is 4. The number of rotatable bonds is 3. The van der Waals surface area contributed by atoms with Crippen molar-refractivity contribution in [2.75, 3.05) is 25.0 Å². The van der Waals surface area contributed by atoms with E-state index < -0.39 is 0 Å². The first-order chi connectivity index (χ1) is 7.77. The largest absolute Gasteiger partial charge is 0.368 e. The van der Waals surface area contributed by atoms with Crippen LogP contribution in [-0.2, 0) is 0 Å². The summed E-state index contributed by atoms with van der Waals surface area (Å²) in [6.07, 6.45) is 3.65. The minimum absolute atomic E-state index is 0.136. The van der Waals surface area contributed by atoms with Gasteiger partial charge in [-0.1, -0.05) is 11.6 Å². The summed E-state index contributed by atoms with van der Waals surface area (Å²) in [7, 11) is 0. The van der Waals surface area contributed by atoms with Crippen molar-refractivity contribution < 1.29 is 0 Å². The quantitative estimate of drug-likeness (QED) is 0.735. The van der Waals surface area contributed by atoms with Gasteiger partial charge in [0, 0.05) is 6.54 Å². The molecular weight excluding hydrogens is 228 g/mol. The lowest BCUT2D eigenvalue weighted by molar-refractivity contribution is 0.389. The Morgan fingerprint density at radius 1 is 1.50 bits per heavy atom. The Bertz CT molecular complexity index is 400. The summed E-state index contributed by atoms with van der Waals surface area (Å²) in [5.41, 5.74) is -0.301. The van der Waals surface area contributed by atoms with E-state index in [0.717, 1.165) is 32.5 Å². The number of aromatic nitrogens is 2. The van der Waals surface area contributed by atoms with Gasteiger partial charge in [-0.15, -0.1) is 0 Å². The summed E-state index contributed by atoms with van der Waals surface area (Å²) >= 11 is 5.83. The zero-order chi connectivity index (χ0) is 11.4. The molecule has 88 valence electrons. The van der Waals surface area contributed by atoms with Gasteiger partial charge in [-0.2, -0.15) is 0 Å². The number of anilines is 1. The molecule has 2 heterocycles. The SMILES string of the molecule is O=c1[nH]cnc(NCC2CCNCC2)c1Cl. The first-order valence-corrected chi connectivity index (χ1v) is 5.83. The Labute approximate surface area is 98.6 Å². The second-order valence-corrected chi connectivity index (χ2v) is 4.35. The average molecular weight is 243 g/mol. The third-order valence-corrected chi connectivity index (χ3v) is 3.16. The summed E-state index contributed by atoms with van der Waals surface area (Å²) in [5.74, 6) is 1.10. The highest BCUT2D eigenvalue weighted by molar-refractivity contribution is 6.32. The zero-order valence-electron chi connectivity index (χ0n) is 8.92. The minimum atomic E-state index is -0.301. The van der Waals surface area contributed by atoms with Gasteiger partial charge in [0.25, 0.3) is 5.56 Å². The molecule has 5 nitrogen and oxygen atoms in total. The number of hydrogen-bond donors (Lipinski definition) is 3. The van der Waals surface area contributed by atoms with Gasteiger partial charge < -0.3 is 15.6 Å². The number of nitrogens with zero attached hydrogens (tertiary/aromatic N) is 1. The predicted molar refractivity (Wildman–Crippen MR) is 64.0 cm³/mol. The van der Waals surface area contributed by atoms with Crippen LogP contribution in [0, 0.1) is 5.92 Å². The van der Waals surface area contributed by atoms with Crippen LogP contribution in [0.3, 0.4) is 0 Å². The minimum Gasteiger partial charge on any atom is -0.368 e. The molecule has 1 fully saturated rings. The van der Waals surface area contributed by atoms with Crippen LogP contribution in [0.1, 0.15) is 12.8 Å².